The van der Waals surface area contributed by atoms with E-state index in [1.807, 2.05) is 52.0 Å². The highest BCUT2D eigenvalue weighted by Gasteiger charge is 2.08. The maximum atomic E-state index is 5.76. The summed E-state index contributed by atoms with van der Waals surface area (Å²) >= 11 is 0. The summed E-state index contributed by atoms with van der Waals surface area (Å²) in [5, 5.41) is 14.3. The molecule has 2 rings (SSSR count). The molecule has 0 atom stereocenters. The van der Waals surface area contributed by atoms with E-state index in [1.54, 1.807) is 6.20 Å². The number of rotatable bonds is 6. The first-order chi connectivity index (χ1) is 10.0. The highest BCUT2D eigenvalue weighted by molar-refractivity contribution is 5.62. The van der Waals surface area contributed by atoms with Crippen LogP contribution in [0.15, 0.2) is 30.5 Å². The van der Waals surface area contributed by atoms with Gasteiger partial charge in [-0.1, -0.05) is 12.1 Å². The Morgan fingerprint density at radius 3 is 2.57 bits per heavy atom. The van der Waals surface area contributed by atoms with Crippen molar-refractivity contribution in [2.45, 2.75) is 39.8 Å². The fourth-order valence-corrected chi connectivity index (χ4v) is 1.77. The third-order valence-electron chi connectivity index (χ3n) is 2.49. The third-order valence-corrected chi connectivity index (χ3v) is 2.49. The largest absolute Gasteiger partial charge is 0.489 e. The summed E-state index contributed by atoms with van der Waals surface area (Å²) in [5.74, 6) is 1.88. The number of hydrogen-bond donors (Lipinski definition) is 2. The van der Waals surface area contributed by atoms with E-state index in [-0.39, 0.29) is 12.1 Å². The molecule has 112 valence electrons. The Hall–Kier alpha value is -2.37. The van der Waals surface area contributed by atoms with Gasteiger partial charge in [-0.15, -0.1) is 5.10 Å². The van der Waals surface area contributed by atoms with Crippen molar-refractivity contribution >= 4 is 17.5 Å². The van der Waals surface area contributed by atoms with Crippen LogP contribution in [-0.2, 0) is 0 Å². The van der Waals surface area contributed by atoms with Crippen molar-refractivity contribution in [3.63, 3.8) is 0 Å². The van der Waals surface area contributed by atoms with Crippen molar-refractivity contribution in [3.8, 4) is 5.75 Å². The van der Waals surface area contributed by atoms with Crippen molar-refractivity contribution in [3.05, 3.63) is 30.5 Å². The Balaban J connectivity index is 2.18. The average Bonchev–Trinajstić information content (AvgIpc) is 2.40. The second-order valence-electron chi connectivity index (χ2n) is 5.25. The van der Waals surface area contributed by atoms with E-state index in [9.17, 15) is 0 Å². The lowest BCUT2D eigenvalue weighted by atomic mass is 10.3. The van der Waals surface area contributed by atoms with Crippen LogP contribution in [0.25, 0.3) is 0 Å². The number of nitrogens with zero attached hydrogens (tertiary/aromatic N) is 3. The van der Waals surface area contributed by atoms with E-state index in [4.69, 9.17) is 4.74 Å². The minimum Gasteiger partial charge on any atom is -0.489 e. The van der Waals surface area contributed by atoms with Crippen LogP contribution in [0.4, 0.5) is 17.5 Å². The maximum Gasteiger partial charge on any atom is 0.249 e. The van der Waals surface area contributed by atoms with E-state index < -0.39 is 0 Å². The van der Waals surface area contributed by atoms with Crippen LogP contribution in [0.2, 0.25) is 0 Å². The standard InChI is InChI=1S/C15H21N5O/c1-10(2)17-14-9-16-20-15(19-14)18-12-7-5-6-8-13(12)21-11(3)4/h5-11H,1-4H3,(H2,17,18,19,20). The van der Waals surface area contributed by atoms with Crippen LogP contribution >= 0.6 is 0 Å². The molecule has 0 spiro atoms. The minimum absolute atomic E-state index is 0.0981. The van der Waals surface area contributed by atoms with Gasteiger partial charge in [0, 0.05) is 6.04 Å². The predicted molar refractivity (Wildman–Crippen MR) is 84.1 cm³/mol. The monoisotopic (exact) mass is 287 g/mol. The Morgan fingerprint density at radius 2 is 1.86 bits per heavy atom. The van der Waals surface area contributed by atoms with Crippen LogP contribution in [0, 0.1) is 0 Å². The van der Waals surface area contributed by atoms with Crippen LogP contribution < -0.4 is 15.4 Å². The zero-order chi connectivity index (χ0) is 15.2. The number of ether oxygens (including phenoxy) is 1. The smallest absolute Gasteiger partial charge is 0.249 e. The number of nitrogens with one attached hydrogen (secondary N) is 2. The third kappa shape index (κ3) is 4.59. The lowest BCUT2D eigenvalue weighted by molar-refractivity contribution is 0.244. The molecule has 6 heteroatoms. The van der Waals surface area contributed by atoms with Crippen LogP contribution in [0.1, 0.15) is 27.7 Å². The van der Waals surface area contributed by atoms with Crippen molar-refractivity contribution < 1.29 is 4.74 Å². The number of benzene rings is 1. The molecule has 0 aliphatic carbocycles. The molecule has 0 fully saturated rings. The van der Waals surface area contributed by atoms with Gasteiger partial charge in [-0.2, -0.15) is 10.1 Å². The van der Waals surface area contributed by atoms with E-state index in [0.717, 1.165) is 11.4 Å². The van der Waals surface area contributed by atoms with Gasteiger partial charge in [-0.3, -0.25) is 0 Å². The fraction of sp³-hybridized carbons (Fsp3) is 0.400. The average molecular weight is 287 g/mol. The van der Waals surface area contributed by atoms with Crippen molar-refractivity contribution in [2.24, 2.45) is 0 Å². The van der Waals surface area contributed by atoms with Gasteiger partial charge >= 0.3 is 0 Å². The highest BCUT2D eigenvalue weighted by Crippen LogP contribution is 2.27. The zero-order valence-corrected chi connectivity index (χ0v) is 12.8. The first-order valence-corrected chi connectivity index (χ1v) is 7.03. The Labute approximate surface area is 125 Å². The van der Waals surface area contributed by atoms with Gasteiger partial charge in [-0.05, 0) is 39.8 Å². The lowest BCUT2D eigenvalue weighted by Crippen LogP contribution is -2.13. The molecule has 0 amide bonds. The molecular weight excluding hydrogens is 266 g/mol. The van der Waals surface area contributed by atoms with Crippen LogP contribution in [-0.4, -0.2) is 27.3 Å². The second-order valence-corrected chi connectivity index (χ2v) is 5.25. The molecule has 0 bridgehead atoms. The van der Waals surface area contributed by atoms with Crippen molar-refractivity contribution in [1.82, 2.24) is 15.2 Å². The Morgan fingerprint density at radius 1 is 1.10 bits per heavy atom. The van der Waals surface area contributed by atoms with Gasteiger partial charge in [0.15, 0.2) is 5.82 Å². The van der Waals surface area contributed by atoms with Crippen LogP contribution in [0.3, 0.4) is 0 Å². The molecule has 0 unspecified atom stereocenters. The van der Waals surface area contributed by atoms with Crippen molar-refractivity contribution in [1.29, 1.82) is 0 Å². The zero-order valence-electron chi connectivity index (χ0n) is 12.8. The van der Waals surface area contributed by atoms with Gasteiger partial charge < -0.3 is 15.4 Å². The molecule has 2 N–H and O–H groups in total. The second kappa shape index (κ2) is 6.88. The molecule has 1 aromatic heterocycles. The van der Waals surface area contributed by atoms with Crippen molar-refractivity contribution in [2.75, 3.05) is 10.6 Å². The Bertz CT molecular complexity index is 586. The Kier molecular flexibility index (Phi) is 4.92. The number of aromatic nitrogens is 3. The SMILES string of the molecule is CC(C)Nc1cnnc(Nc2ccccc2OC(C)C)n1. The fourth-order valence-electron chi connectivity index (χ4n) is 1.77. The lowest BCUT2D eigenvalue weighted by Gasteiger charge is -2.15. The first-order valence-electron chi connectivity index (χ1n) is 7.03. The number of para-hydroxylation sites is 2. The first kappa shape index (κ1) is 15.0. The molecule has 0 saturated carbocycles. The molecule has 1 heterocycles. The van der Waals surface area contributed by atoms with Gasteiger partial charge in [0.1, 0.15) is 5.75 Å². The van der Waals surface area contributed by atoms with E-state index in [0.29, 0.717) is 11.8 Å². The van der Waals surface area contributed by atoms with E-state index in [2.05, 4.69) is 25.8 Å². The molecule has 2 aromatic rings. The molecule has 0 radical (unpaired) electrons. The summed E-state index contributed by atoms with van der Waals surface area (Å²) < 4.78 is 5.76. The maximum absolute atomic E-state index is 5.76. The summed E-state index contributed by atoms with van der Waals surface area (Å²) in [6, 6.07) is 7.97. The molecular formula is C15H21N5O. The molecule has 0 aliphatic heterocycles. The summed E-state index contributed by atoms with van der Waals surface area (Å²) in [5.41, 5.74) is 0.815. The quantitative estimate of drug-likeness (QED) is 0.850. The summed E-state index contributed by atoms with van der Waals surface area (Å²) in [4.78, 5) is 4.38. The highest BCUT2D eigenvalue weighted by atomic mass is 16.5. The van der Waals surface area contributed by atoms with E-state index in [1.165, 1.54) is 0 Å². The minimum atomic E-state index is 0.0981. The number of anilines is 3. The molecule has 0 aliphatic rings. The van der Waals surface area contributed by atoms with Gasteiger partial charge in [0.25, 0.3) is 0 Å². The summed E-state index contributed by atoms with van der Waals surface area (Å²) in [6.45, 7) is 8.06. The van der Waals surface area contributed by atoms with E-state index >= 15 is 0 Å². The summed E-state index contributed by atoms with van der Waals surface area (Å²) in [6.07, 6.45) is 1.70. The topological polar surface area (TPSA) is 72.0 Å². The molecule has 1 aromatic carbocycles. The molecule has 6 nitrogen and oxygen atoms in total. The van der Waals surface area contributed by atoms with Gasteiger partial charge in [0.2, 0.25) is 5.95 Å². The van der Waals surface area contributed by atoms with Crippen LogP contribution in [0.5, 0.6) is 5.75 Å². The number of hydrogen-bond acceptors (Lipinski definition) is 6. The predicted octanol–water partition coefficient (Wildman–Crippen LogP) is 3.22. The normalized spacial score (nSPS) is 10.8. The molecule has 0 saturated heterocycles. The summed E-state index contributed by atoms with van der Waals surface area (Å²) in [7, 11) is 0. The van der Waals surface area contributed by atoms with Gasteiger partial charge in [0.05, 0.1) is 18.0 Å². The van der Waals surface area contributed by atoms with Gasteiger partial charge in [-0.25, -0.2) is 0 Å². The molecule has 21 heavy (non-hydrogen) atoms.